The molecule has 0 fully saturated rings. The molecule has 0 atom stereocenters. The molecule has 2 heterocycles. The van der Waals surface area contributed by atoms with Gasteiger partial charge in [-0.15, -0.1) is 5.10 Å². The standard InChI is InChI=1S/C25H30N6O/c1-17-11-18(2)23-20(12-17)13-21(24(32)26-23)15-30(14-19-9-7-6-8-10-19)16-22-27-28-29-31(22)25(3,4)5/h6-13H,14-16H2,1-5H3,(H,26,32). The number of H-pyrrole nitrogens is 1. The third-order valence-electron chi connectivity index (χ3n) is 5.55. The lowest BCUT2D eigenvalue weighted by Crippen LogP contribution is -2.31. The molecule has 166 valence electrons. The smallest absolute Gasteiger partial charge is 0.252 e. The van der Waals surface area contributed by atoms with E-state index in [0.29, 0.717) is 19.6 Å². The Morgan fingerprint density at radius 3 is 2.47 bits per heavy atom. The lowest BCUT2D eigenvalue weighted by atomic mass is 10.0. The highest BCUT2D eigenvalue weighted by Gasteiger charge is 2.22. The first kappa shape index (κ1) is 21.9. The van der Waals surface area contributed by atoms with Crippen LogP contribution >= 0.6 is 0 Å². The zero-order valence-corrected chi connectivity index (χ0v) is 19.4. The highest BCUT2D eigenvalue weighted by atomic mass is 16.1. The van der Waals surface area contributed by atoms with Gasteiger partial charge >= 0.3 is 0 Å². The van der Waals surface area contributed by atoms with Crippen LogP contribution in [0.5, 0.6) is 0 Å². The van der Waals surface area contributed by atoms with E-state index in [1.54, 1.807) is 0 Å². The largest absolute Gasteiger partial charge is 0.321 e. The second kappa shape index (κ2) is 8.67. The third-order valence-corrected chi connectivity index (χ3v) is 5.55. The first-order valence-corrected chi connectivity index (χ1v) is 10.9. The van der Waals surface area contributed by atoms with E-state index in [2.05, 4.69) is 77.4 Å². The van der Waals surface area contributed by atoms with Crippen LogP contribution in [0.2, 0.25) is 0 Å². The van der Waals surface area contributed by atoms with E-state index in [-0.39, 0.29) is 11.1 Å². The van der Waals surface area contributed by atoms with Gasteiger partial charge in [-0.1, -0.05) is 42.0 Å². The van der Waals surface area contributed by atoms with Gasteiger partial charge in [0.05, 0.1) is 17.6 Å². The number of aromatic nitrogens is 5. The van der Waals surface area contributed by atoms with Gasteiger partial charge in [0.2, 0.25) is 0 Å². The van der Waals surface area contributed by atoms with Gasteiger partial charge in [0.25, 0.3) is 5.56 Å². The summed E-state index contributed by atoms with van der Waals surface area (Å²) >= 11 is 0. The van der Waals surface area contributed by atoms with Crippen LogP contribution in [-0.4, -0.2) is 30.1 Å². The lowest BCUT2D eigenvalue weighted by Gasteiger charge is -2.25. The van der Waals surface area contributed by atoms with Crippen LogP contribution in [0.4, 0.5) is 0 Å². The predicted molar refractivity (Wildman–Crippen MR) is 126 cm³/mol. The Balaban J connectivity index is 1.70. The number of tetrazole rings is 1. The summed E-state index contributed by atoms with van der Waals surface area (Å²) in [5, 5.41) is 13.4. The Kier molecular flexibility index (Phi) is 5.93. The molecule has 32 heavy (non-hydrogen) atoms. The number of aromatic amines is 1. The fourth-order valence-electron chi connectivity index (χ4n) is 4.13. The topological polar surface area (TPSA) is 79.7 Å². The molecule has 0 saturated heterocycles. The number of fused-ring (bicyclic) bond motifs is 1. The van der Waals surface area contributed by atoms with Gasteiger partial charge in [-0.25, -0.2) is 4.68 Å². The summed E-state index contributed by atoms with van der Waals surface area (Å²) in [6.45, 7) is 12.0. The van der Waals surface area contributed by atoms with Gasteiger partial charge < -0.3 is 4.98 Å². The summed E-state index contributed by atoms with van der Waals surface area (Å²) in [7, 11) is 0. The molecule has 0 bridgehead atoms. The molecule has 0 amide bonds. The van der Waals surface area contributed by atoms with Crippen molar-refractivity contribution < 1.29 is 0 Å². The van der Waals surface area contributed by atoms with E-state index in [9.17, 15) is 4.79 Å². The number of rotatable bonds is 6. The molecule has 7 heteroatoms. The molecule has 1 N–H and O–H groups in total. The highest BCUT2D eigenvalue weighted by molar-refractivity contribution is 5.82. The van der Waals surface area contributed by atoms with Gasteiger partial charge in [0.15, 0.2) is 5.82 Å². The molecule has 4 aromatic rings. The molecule has 2 aromatic heterocycles. The molecular weight excluding hydrogens is 400 g/mol. The first-order chi connectivity index (χ1) is 15.2. The summed E-state index contributed by atoms with van der Waals surface area (Å²) in [6.07, 6.45) is 0. The van der Waals surface area contributed by atoms with Crippen molar-refractivity contribution >= 4 is 10.9 Å². The van der Waals surface area contributed by atoms with Crippen molar-refractivity contribution in [1.82, 2.24) is 30.1 Å². The Morgan fingerprint density at radius 2 is 1.75 bits per heavy atom. The second-order valence-corrected chi connectivity index (χ2v) is 9.48. The van der Waals surface area contributed by atoms with Gasteiger partial charge in [-0.2, -0.15) is 0 Å². The van der Waals surface area contributed by atoms with Crippen LogP contribution in [0, 0.1) is 13.8 Å². The molecule has 0 unspecified atom stereocenters. The van der Waals surface area contributed by atoms with E-state index in [4.69, 9.17) is 0 Å². The number of aryl methyl sites for hydroxylation is 2. The summed E-state index contributed by atoms with van der Waals surface area (Å²) in [4.78, 5) is 18.3. The van der Waals surface area contributed by atoms with Crippen LogP contribution in [-0.2, 0) is 25.2 Å². The van der Waals surface area contributed by atoms with Crippen LogP contribution in [0.25, 0.3) is 10.9 Å². The van der Waals surface area contributed by atoms with Crippen LogP contribution in [0.15, 0.2) is 53.3 Å². The van der Waals surface area contributed by atoms with E-state index in [0.717, 1.165) is 27.9 Å². The van der Waals surface area contributed by atoms with E-state index in [1.807, 2.05) is 35.9 Å². The summed E-state index contributed by atoms with van der Waals surface area (Å²) in [5.41, 5.74) is 4.77. The fraction of sp³-hybridized carbons (Fsp3) is 0.360. The van der Waals surface area contributed by atoms with Crippen LogP contribution in [0.3, 0.4) is 0 Å². The number of hydrogen-bond donors (Lipinski definition) is 1. The maximum absolute atomic E-state index is 13.0. The average Bonchev–Trinajstić information content (AvgIpc) is 3.19. The van der Waals surface area contributed by atoms with E-state index < -0.39 is 0 Å². The van der Waals surface area contributed by atoms with Crippen molar-refractivity contribution in [2.24, 2.45) is 0 Å². The van der Waals surface area contributed by atoms with Crippen molar-refractivity contribution in [3.63, 3.8) is 0 Å². The lowest BCUT2D eigenvalue weighted by molar-refractivity contribution is 0.223. The highest BCUT2D eigenvalue weighted by Crippen LogP contribution is 2.20. The van der Waals surface area contributed by atoms with Gasteiger partial charge in [0, 0.05) is 18.7 Å². The van der Waals surface area contributed by atoms with E-state index in [1.165, 1.54) is 11.1 Å². The molecular formula is C25H30N6O. The number of hydrogen-bond acceptors (Lipinski definition) is 5. The first-order valence-electron chi connectivity index (χ1n) is 10.9. The zero-order valence-electron chi connectivity index (χ0n) is 19.4. The minimum absolute atomic E-state index is 0.0575. The van der Waals surface area contributed by atoms with Gasteiger partial charge in [0.1, 0.15) is 0 Å². The molecule has 0 aliphatic heterocycles. The fourth-order valence-corrected chi connectivity index (χ4v) is 4.13. The van der Waals surface area contributed by atoms with Crippen LogP contribution < -0.4 is 5.56 Å². The number of pyridine rings is 1. The summed E-state index contributed by atoms with van der Waals surface area (Å²) in [6, 6.07) is 16.5. The minimum atomic E-state index is -0.229. The zero-order chi connectivity index (χ0) is 22.9. The molecule has 0 aliphatic rings. The third kappa shape index (κ3) is 4.78. The summed E-state index contributed by atoms with van der Waals surface area (Å²) < 4.78 is 1.85. The van der Waals surface area contributed by atoms with Crippen molar-refractivity contribution in [3.8, 4) is 0 Å². The van der Waals surface area contributed by atoms with Crippen molar-refractivity contribution in [1.29, 1.82) is 0 Å². The number of nitrogens with one attached hydrogen (secondary N) is 1. The monoisotopic (exact) mass is 430 g/mol. The minimum Gasteiger partial charge on any atom is -0.321 e. The van der Waals surface area contributed by atoms with Crippen molar-refractivity contribution in [3.05, 3.63) is 87.0 Å². The van der Waals surface area contributed by atoms with Gasteiger partial charge in [-0.05, 0) is 73.7 Å². The molecule has 0 spiro atoms. The predicted octanol–water partition coefficient (Wildman–Crippen LogP) is 4.09. The molecule has 4 rings (SSSR count). The second-order valence-electron chi connectivity index (χ2n) is 9.48. The average molecular weight is 431 g/mol. The van der Waals surface area contributed by atoms with Crippen molar-refractivity contribution in [2.75, 3.05) is 0 Å². The van der Waals surface area contributed by atoms with E-state index >= 15 is 0 Å². The molecule has 0 saturated carbocycles. The van der Waals surface area contributed by atoms with Crippen molar-refractivity contribution in [2.45, 2.75) is 59.8 Å². The Hall–Kier alpha value is -3.32. The molecule has 7 nitrogen and oxygen atoms in total. The van der Waals surface area contributed by atoms with Gasteiger partial charge in [-0.3, -0.25) is 9.69 Å². The maximum Gasteiger partial charge on any atom is 0.252 e. The number of benzene rings is 2. The Morgan fingerprint density at radius 1 is 1.00 bits per heavy atom. The number of nitrogens with zero attached hydrogens (tertiary/aromatic N) is 5. The molecule has 0 radical (unpaired) electrons. The normalized spacial score (nSPS) is 12.1. The Bertz CT molecular complexity index is 1280. The maximum atomic E-state index is 13.0. The quantitative estimate of drug-likeness (QED) is 0.498. The summed E-state index contributed by atoms with van der Waals surface area (Å²) in [5.74, 6) is 0.775. The molecule has 2 aromatic carbocycles. The SMILES string of the molecule is Cc1cc(C)c2[nH]c(=O)c(CN(Cc3ccccc3)Cc3nnnn3C(C)(C)C)cc2c1. The Labute approximate surface area is 188 Å². The van der Waals surface area contributed by atoms with Crippen LogP contribution in [0.1, 0.15) is 48.8 Å². The molecule has 0 aliphatic carbocycles.